The van der Waals surface area contributed by atoms with E-state index in [1.165, 1.54) is 0 Å². The number of nitrogens with one attached hydrogen (secondary N) is 2. The van der Waals surface area contributed by atoms with Crippen molar-refractivity contribution in [2.24, 2.45) is 0 Å². The molecule has 0 aliphatic rings. The number of carboxylic acids is 1. The predicted octanol–water partition coefficient (Wildman–Crippen LogP) is -0.284. The van der Waals surface area contributed by atoms with E-state index in [0.29, 0.717) is 5.69 Å². The molecule has 18 heavy (non-hydrogen) atoms. The molecule has 0 fully saturated rings. The Kier molecular flexibility index (Phi) is 5.59. The van der Waals surface area contributed by atoms with Gasteiger partial charge in [-0.1, -0.05) is 6.07 Å². The average molecular weight is 253 g/mol. The number of pyridine rings is 1. The van der Waals surface area contributed by atoms with E-state index in [2.05, 4.69) is 15.6 Å². The molecule has 0 aliphatic carbocycles. The molecule has 0 radical (unpaired) electrons. The number of urea groups is 1. The zero-order valence-corrected chi connectivity index (χ0v) is 9.67. The molecule has 1 atom stereocenters. The Morgan fingerprint density at radius 3 is 2.72 bits per heavy atom. The highest BCUT2D eigenvalue weighted by Gasteiger charge is 2.18. The Hall–Kier alpha value is -2.15. The molecular weight excluding hydrogens is 238 g/mol. The lowest BCUT2D eigenvalue weighted by atomic mass is 10.2. The Morgan fingerprint density at radius 1 is 1.39 bits per heavy atom. The largest absolute Gasteiger partial charge is 0.480 e. The second kappa shape index (κ2) is 7.23. The van der Waals surface area contributed by atoms with Crippen LogP contribution in [0.25, 0.3) is 0 Å². The molecule has 0 spiro atoms. The summed E-state index contributed by atoms with van der Waals surface area (Å²) in [6.45, 7) is -0.102. The van der Waals surface area contributed by atoms with Gasteiger partial charge in [0.25, 0.3) is 0 Å². The highest BCUT2D eigenvalue weighted by atomic mass is 16.4. The van der Waals surface area contributed by atoms with E-state index in [1.807, 2.05) is 0 Å². The lowest BCUT2D eigenvalue weighted by Crippen LogP contribution is -2.46. The number of nitrogens with zero attached hydrogens (tertiary/aromatic N) is 1. The molecular formula is C11H15N3O4. The van der Waals surface area contributed by atoms with Gasteiger partial charge in [-0.15, -0.1) is 0 Å². The summed E-state index contributed by atoms with van der Waals surface area (Å²) in [5.74, 6) is -1.18. The van der Waals surface area contributed by atoms with Crippen molar-refractivity contribution in [2.75, 3.05) is 6.61 Å². The van der Waals surface area contributed by atoms with Crippen molar-refractivity contribution in [1.82, 2.24) is 15.6 Å². The van der Waals surface area contributed by atoms with E-state index in [1.54, 1.807) is 24.4 Å². The molecule has 1 rings (SSSR count). The highest BCUT2D eigenvalue weighted by Crippen LogP contribution is 1.94. The maximum atomic E-state index is 11.4. The van der Waals surface area contributed by atoms with E-state index in [9.17, 15) is 9.59 Å². The van der Waals surface area contributed by atoms with Crippen LogP contribution in [0.2, 0.25) is 0 Å². The van der Waals surface area contributed by atoms with Crippen molar-refractivity contribution in [1.29, 1.82) is 0 Å². The van der Waals surface area contributed by atoms with Gasteiger partial charge in [0.1, 0.15) is 6.04 Å². The van der Waals surface area contributed by atoms with Gasteiger partial charge in [-0.05, 0) is 12.1 Å². The minimum atomic E-state index is -1.18. The van der Waals surface area contributed by atoms with Crippen LogP contribution in [0.5, 0.6) is 0 Å². The first-order chi connectivity index (χ1) is 8.63. The fourth-order valence-corrected chi connectivity index (χ4v) is 1.27. The number of aliphatic hydroxyl groups is 1. The van der Waals surface area contributed by atoms with Crippen LogP contribution in [0.3, 0.4) is 0 Å². The molecule has 7 heteroatoms. The molecule has 4 N–H and O–H groups in total. The molecule has 0 saturated heterocycles. The van der Waals surface area contributed by atoms with Crippen LogP contribution in [0.15, 0.2) is 24.4 Å². The number of aliphatic hydroxyl groups excluding tert-OH is 1. The summed E-state index contributed by atoms with van der Waals surface area (Å²) < 4.78 is 0. The normalized spacial score (nSPS) is 11.6. The lowest BCUT2D eigenvalue weighted by Gasteiger charge is -2.13. The Labute approximate surface area is 104 Å². The summed E-state index contributed by atoms with van der Waals surface area (Å²) in [5, 5.41) is 22.2. The summed E-state index contributed by atoms with van der Waals surface area (Å²) in [4.78, 5) is 26.1. The van der Waals surface area contributed by atoms with Gasteiger partial charge in [0.2, 0.25) is 0 Å². The van der Waals surface area contributed by atoms with Gasteiger partial charge < -0.3 is 20.8 Å². The molecule has 0 aliphatic heterocycles. The van der Waals surface area contributed by atoms with Crippen molar-refractivity contribution < 1.29 is 19.8 Å². The smallest absolute Gasteiger partial charge is 0.326 e. The Balaban J connectivity index is 2.39. The minimum absolute atomic E-state index is 0.0354. The summed E-state index contributed by atoms with van der Waals surface area (Å²) >= 11 is 0. The third-order valence-corrected chi connectivity index (χ3v) is 2.18. The average Bonchev–Trinajstić information content (AvgIpc) is 2.37. The summed E-state index contributed by atoms with van der Waals surface area (Å²) in [7, 11) is 0. The maximum absolute atomic E-state index is 11.4. The number of aromatic nitrogens is 1. The molecule has 1 aromatic rings. The van der Waals surface area contributed by atoms with Gasteiger partial charge in [-0.3, -0.25) is 4.98 Å². The standard InChI is InChI=1S/C11H15N3O4/c15-6-4-9(10(16)17)14-11(18)13-7-8-3-1-2-5-12-8/h1-3,5,9,15H,4,6-7H2,(H,16,17)(H2,13,14,18). The number of rotatable bonds is 6. The number of amides is 2. The fraction of sp³-hybridized carbons (Fsp3) is 0.364. The first-order valence-electron chi connectivity index (χ1n) is 5.41. The topological polar surface area (TPSA) is 112 Å². The first kappa shape index (κ1) is 13.9. The number of carbonyl (C=O) groups excluding carboxylic acids is 1. The monoisotopic (exact) mass is 253 g/mol. The number of aliphatic carboxylic acids is 1. The van der Waals surface area contributed by atoms with Crippen LogP contribution < -0.4 is 10.6 Å². The Morgan fingerprint density at radius 2 is 2.17 bits per heavy atom. The second-order valence-electron chi connectivity index (χ2n) is 3.55. The van der Waals surface area contributed by atoms with E-state index in [-0.39, 0.29) is 19.6 Å². The molecule has 1 unspecified atom stereocenters. The van der Waals surface area contributed by atoms with Gasteiger partial charge in [0.15, 0.2) is 0 Å². The fourth-order valence-electron chi connectivity index (χ4n) is 1.27. The van der Waals surface area contributed by atoms with E-state index in [4.69, 9.17) is 10.2 Å². The molecule has 2 amide bonds. The zero-order chi connectivity index (χ0) is 13.4. The van der Waals surface area contributed by atoms with Crippen LogP contribution in [-0.4, -0.2) is 39.8 Å². The number of hydrogen-bond acceptors (Lipinski definition) is 4. The minimum Gasteiger partial charge on any atom is -0.480 e. The SMILES string of the molecule is O=C(NCc1ccccn1)NC(CCO)C(=O)O. The first-order valence-corrected chi connectivity index (χ1v) is 5.41. The molecule has 1 aromatic heterocycles. The van der Waals surface area contributed by atoms with Crippen LogP contribution in [0.4, 0.5) is 4.79 Å². The van der Waals surface area contributed by atoms with Crippen LogP contribution in [0, 0.1) is 0 Å². The van der Waals surface area contributed by atoms with Crippen molar-refractivity contribution in [3.05, 3.63) is 30.1 Å². The van der Waals surface area contributed by atoms with Crippen molar-refractivity contribution in [3.63, 3.8) is 0 Å². The van der Waals surface area contributed by atoms with Crippen LogP contribution in [-0.2, 0) is 11.3 Å². The van der Waals surface area contributed by atoms with Crippen molar-refractivity contribution >= 4 is 12.0 Å². The van der Waals surface area contributed by atoms with E-state index >= 15 is 0 Å². The molecule has 0 saturated carbocycles. The molecule has 1 heterocycles. The van der Waals surface area contributed by atoms with Gasteiger partial charge in [-0.25, -0.2) is 9.59 Å². The maximum Gasteiger partial charge on any atom is 0.326 e. The van der Waals surface area contributed by atoms with E-state index in [0.717, 1.165) is 0 Å². The Bertz CT molecular complexity index is 397. The van der Waals surface area contributed by atoms with Gasteiger partial charge in [-0.2, -0.15) is 0 Å². The number of carbonyl (C=O) groups is 2. The number of carboxylic acid groups (broad SMARTS) is 1. The lowest BCUT2D eigenvalue weighted by molar-refractivity contribution is -0.139. The zero-order valence-electron chi connectivity index (χ0n) is 9.67. The second-order valence-corrected chi connectivity index (χ2v) is 3.55. The highest BCUT2D eigenvalue weighted by molar-refractivity contribution is 5.82. The summed E-state index contributed by atoms with van der Waals surface area (Å²) in [6.07, 6.45) is 1.56. The third-order valence-electron chi connectivity index (χ3n) is 2.18. The molecule has 0 bridgehead atoms. The van der Waals surface area contributed by atoms with Crippen molar-refractivity contribution in [2.45, 2.75) is 19.0 Å². The van der Waals surface area contributed by atoms with E-state index < -0.39 is 18.0 Å². The molecule has 0 aromatic carbocycles. The number of hydrogen-bond donors (Lipinski definition) is 4. The van der Waals surface area contributed by atoms with Crippen LogP contribution in [0.1, 0.15) is 12.1 Å². The summed E-state index contributed by atoms with van der Waals surface area (Å²) in [6, 6.07) is 3.57. The molecule has 7 nitrogen and oxygen atoms in total. The van der Waals surface area contributed by atoms with Gasteiger partial charge in [0, 0.05) is 19.2 Å². The summed E-state index contributed by atoms with van der Waals surface area (Å²) in [5.41, 5.74) is 0.668. The molecule has 98 valence electrons. The third kappa shape index (κ3) is 4.79. The quantitative estimate of drug-likeness (QED) is 0.557. The van der Waals surface area contributed by atoms with Gasteiger partial charge >= 0.3 is 12.0 Å². The van der Waals surface area contributed by atoms with Crippen LogP contribution >= 0.6 is 0 Å². The van der Waals surface area contributed by atoms with Crippen molar-refractivity contribution in [3.8, 4) is 0 Å². The predicted molar refractivity (Wildman–Crippen MR) is 62.7 cm³/mol. The van der Waals surface area contributed by atoms with Gasteiger partial charge in [0.05, 0.1) is 12.2 Å².